The first kappa shape index (κ1) is 12.7. The van der Waals surface area contributed by atoms with Crippen LogP contribution in [0.5, 0.6) is 0 Å². The predicted octanol–water partition coefficient (Wildman–Crippen LogP) is 1.44. The summed E-state index contributed by atoms with van der Waals surface area (Å²) < 4.78 is 5.08. The second-order valence-corrected chi connectivity index (χ2v) is 4.48. The maximum Gasteiger partial charge on any atom is 0.310 e. The smallest absolute Gasteiger partial charge is 0.310 e. The van der Waals surface area contributed by atoms with E-state index in [9.17, 15) is 4.79 Å². The molecule has 1 aromatic heterocycles. The van der Waals surface area contributed by atoms with Gasteiger partial charge in [0.15, 0.2) is 0 Å². The molecule has 1 saturated heterocycles. The van der Waals surface area contributed by atoms with Gasteiger partial charge in [-0.1, -0.05) is 0 Å². The van der Waals surface area contributed by atoms with Crippen molar-refractivity contribution in [1.82, 2.24) is 4.98 Å². The first-order valence-electron chi connectivity index (χ1n) is 6.34. The summed E-state index contributed by atoms with van der Waals surface area (Å²) in [5, 5.41) is 0. The Balaban J connectivity index is 2.02. The molecule has 2 N–H and O–H groups in total. The summed E-state index contributed by atoms with van der Waals surface area (Å²) in [6.07, 6.45) is 3.65. The Morgan fingerprint density at radius 2 is 2.44 bits per heavy atom. The molecule has 5 heteroatoms. The summed E-state index contributed by atoms with van der Waals surface area (Å²) in [6.45, 7) is 3.92. The van der Waals surface area contributed by atoms with Crippen molar-refractivity contribution in [3.8, 4) is 0 Å². The molecule has 18 heavy (non-hydrogen) atoms. The zero-order chi connectivity index (χ0) is 13.0. The van der Waals surface area contributed by atoms with E-state index in [1.165, 1.54) is 0 Å². The summed E-state index contributed by atoms with van der Waals surface area (Å²) in [4.78, 5) is 18.0. The normalized spacial score (nSPS) is 19.6. The standard InChI is InChI=1S/C13H19N3O2/c1-2-18-13(17)10-4-3-7-16(9-10)11-5-6-12(14)15-8-11/h5-6,8,10H,2-4,7,9H2,1H3,(H2,14,15). The van der Waals surface area contributed by atoms with Crippen LogP contribution in [0.1, 0.15) is 19.8 Å². The first-order chi connectivity index (χ1) is 8.70. The average molecular weight is 249 g/mol. The maximum atomic E-state index is 11.7. The summed E-state index contributed by atoms with van der Waals surface area (Å²) in [5.74, 6) is 0.388. The highest BCUT2D eigenvalue weighted by Crippen LogP contribution is 2.23. The lowest BCUT2D eigenvalue weighted by Crippen LogP contribution is -2.39. The number of nitrogen functional groups attached to an aromatic ring is 1. The summed E-state index contributed by atoms with van der Waals surface area (Å²) in [5.41, 5.74) is 6.58. The molecule has 0 spiro atoms. The van der Waals surface area contributed by atoms with E-state index in [-0.39, 0.29) is 11.9 Å². The number of aromatic nitrogens is 1. The zero-order valence-electron chi connectivity index (χ0n) is 10.6. The highest BCUT2D eigenvalue weighted by molar-refractivity contribution is 5.73. The molecule has 98 valence electrons. The third kappa shape index (κ3) is 2.91. The van der Waals surface area contributed by atoms with Crippen molar-refractivity contribution < 1.29 is 9.53 Å². The monoisotopic (exact) mass is 249 g/mol. The van der Waals surface area contributed by atoms with Gasteiger partial charge < -0.3 is 15.4 Å². The number of hydrogen-bond donors (Lipinski definition) is 1. The number of hydrogen-bond acceptors (Lipinski definition) is 5. The molecule has 0 amide bonds. The number of nitrogens with two attached hydrogens (primary N) is 1. The van der Waals surface area contributed by atoms with Crippen LogP contribution in [0.25, 0.3) is 0 Å². The average Bonchev–Trinajstić information content (AvgIpc) is 2.40. The molecule has 1 unspecified atom stereocenters. The van der Waals surface area contributed by atoms with Crippen molar-refractivity contribution in [1.29, 1.82) is 0 Å². The number of ether oxygens (including phenoxy) is 1. The second kappa shape index (κ2) is 5.71. The number of rotatable bonds is 3. The fourth-order valence-electron chi connectivity index (χ4n) is 2.25. The van der Waals surface area contributed by atoms with Gasteiger partial charge in [-0.15, -0.1) is 0 Å². The molecule has 1 atom stereocenters. The molecule has 0 saturated carbocycles. The van der Waals surface area contributed by atoms with Gasteiger partial charge in [-0.3, -0.25) is 4.79 Å². The van der Waals surface area contributed by atoms with Crippen molar-refractivity contribution in [3.63, 3.8) is 0 Å². The quantitative estimate of drug-likeness (QED) is 0.821. The van der Waals surface area contributed by atoms with Crippen molar-refractivity contribution in [2.75, 3.05) is 30.3 Å². The lowest BCUT2D eigenvalue weighted by Gasteiger charge is -2.33. The summed E-state index contributed by atoms with van der Waals surface area (Å²) in [7, 11) is 0. The number of nitrogens with zero attached hydrogens (tertiary/aromatic N) is 2. The highest BCUT2D eigenvalue weighted by atomic mass is 16.5. The molecular formula is C13H19N3O2. The molecule has 2 heterocycles. The van der Waals surface area contributed by atoms with Gasteiger partial charge in [0.05, 0.1) is 24.4 Å². The van der Waals surface area contributed by atoms with Crippen LogP contribution < -0.4 is 10.6 Å². The minimum Gasteiger partial charge on any atom is -0.466 e. The topological polar surface area (TPSA) is 68.5 Å². The maximum absolute atomic E-state index is 11.7. The molecule has 1 aliphatic rings. The molecular weight excluding hydrogens is 230 g/mol. The number of pyridine rings is 1. The van der Waals surface area contributed by atoms with Crippen LogP contribution in [0.4, 0.5) is 11.5 Å². The van der Waals surface area contributed by atoms with E-state index >= 15 is 0 Å². The van der Waals surface area contributed by atoms with Crippen molar-refractivity contribution >= 4 is 17.5 Å². The van der Waals surface area contributed by atoms with E-state index in [1.807, 2.05) is 13.0 Å². The van der Waals surface area contributed by atoms with Gasteiger partial charge in [0.2, 0.25) is 0 Å². The molecule has 5 nitrogen and oxygen atoms in total. The minimum atomic E-state index is -0.0920. The van der Waals surface area contributed by atoms with E-state index < -0.39 is 0 Å². The van der Waals surface area contributed by atoms with E-state index in [0.29, 0.717) is 19.0 Å². The first-order valence-corrected chi connectivity index (χ1v) is 6.34. The van der Waals surface area contributed by atoms with E-state index in [1.54, 1.807) is 12.3 Å². The van der Waals surface area contributed by atoms with Crippen LogP contribution >= 0.6 is 0 Å². The summed E-state index contributed by atoms with van der Waals surface area (Å²) in [6, 6.07) is 3.72. The molecule has 2 rings (SSSR count). The molecule has 0 radical (unpaired) electrons. The Morgan fingerprint density at radius 1 is 1.61 bits per heavy atom. The van der Waals surface area contributed by atoms with Crippen molar-refractivity contribution in [2.45, 2.75) is 19.8 Å². The zero-order valence-corrected chi connectivity index (χ0v) is 10.6. The third-order valence-corrected chi connectivity index (χ3v) is 3.18. The van der Waals surface area contributed by atoms with E-state index in [0.717, 1.165) is 25.1 Å². The SMILES string of the molecule is CCOC(=O)C1CCCN(c2ccc(N)nc2)C1. The Hall–Kier alpha value is -1.78. The number of esters is 1. The lowest BCUT2D eigenvalue weighted by atomic mass is 9.98. The van der Waals surface area contributed by atoms with Gasteiger partial charge in [0, 0.05) is 13.1 Å². The van der Waals surface area contributed by atoms with Crippen LogP contribution in [0, 0.1) is 5.92 Å². The number of piperidine rings is 1. The number of anilines is 2. The number of carbonyl (C=O) groups is 1. The van der Waals surface area contributed by atoms with Crippen molar-refractivity contribution in [2.24, 2.45) is 5.92 Å². The van der Waals surface area contributed by atoms with Crippen LogP contribution in [0.3, 0.4) is 0 Å². The second-order valence-electron chi connectivity index (χ2n) is 4.48. The molecule has 1 fully saturated rings. The highest BCUT2D eigenvalue weighted by Gasteiger charge is 2.26. The van der Waals surface area contributed by atoms with Crippen LogP contribution in [0.15, 0.2) is 18.3 Å². The minimum absolute atomic E-state index is 0.0312. The Labute approximate surface area is 107 Å². The third-order valence-electron chi connectivity index (χ3n) is 3.18. The van der Waals surface area contributed by atoms with Crippen LogP contribution in [0.2, 0.25) is 0 Å². The number of carbonyl (C=O) groups excluding carboxylic acids is 1. The Bertz CT molecular complexity index is 405. The van der Waals surface area contributed by atoms with Gasteiger partial charge in [-0.2, -0.15) is 0 Å². The summed E-state index contributed by atoms with van der Waals surface area (Å²) >= 11 is 0. The van der Waals surface area contributed by atoms with Gasteiger partial charge in [-0.05, 0) is 31.9 Å². The van der Waals surface area contributed by atoms with Gasteiger partial charge in [0.25, 0.3) is 0 Å². The largest absolute Gasteiger partial charge is 0.466 e. The fourth-order valence-corrected chi connectivity index (χ4v) is 2.25. The van der Waals surface area contributed by atoms with Crippen LogP contribution in [-0.2, 0) is 9.53 Å². The van der Waals surface area contributed by atoms with Gasteiger partial charge in [0.1, 0.15) is 5.82 Å². The van der Waals surface area contributed by atoms with Gasteiger partial charge >= 0.3 is 5.97 Å². The molecule has 0 bridgehead atoms. The Morgan fingerprint density at radius 3 is 3.11 bits per heavy atom. The Kier molecular flexibility index (Phi) is 4.02. The van der Waals surface area contributed by atoms with E-state index in [2.05, 4.69) is 9.88 Å². The molecule has 0 aromatic carbocycles. The van der Waals surface area contributed by atoms with Crippen molar-refractivity contribution in [3.05, 3.63) is 18.3 Å². The van der Waals surface area contributed by atoms with E-state index in [4.69, 9.17) is 10.5 Å². The molecule has 0 aliphatic carbocycles. The van der Waals surface area contributed by atoms with Crippen LogP contribution in [-0.4, -0.2) is 30.6 Å². The van der Waals surface area contributed by atoms with Gasteiger partial charge in [-0.25, -0.2) is 4.98 Å². The molecule has 1 aromatic rings. The lowest BCUT2D eigenvalue weighted by molar-refractivity contribution is -0.148. The molecule has 1 aliphatic heterocycles. The predicted molar refractivity (Wildman–Crippen MR) is 70.2 cm³/mol. The fraction of sp³-hybridized carbons (Fsp3) is 0.538.